The summed E-state index contributed by atoms with van der Waals surface area (Å²) in [6, 6.07) is 8.31. The third-order valence-electron chi connectivity index (χ3n) is 2.86. The zero-order valence-electron chi connectivity index (χ0n) is 8.73. The quantitative estimate of drug-likeness (QED) is 0.825. The summed E-state index contributed by atoms with van der Waals surface area (Å²) in [5.74, 6) is 0. The summed E-state index contributed by atoms with van der Waals surface area (Å²) in [6.45, 7) is 0.594. The van der Waals surface area contributed by atoms with Crippen molar-refractivity contribution in [3.63, 3.8) is 0 Å². The number of aliphatic hydroxyl groups is 1. The molecule has 0 saturated heterocycles. The Morgan fingerprint density at radius 1 is 1.27 bits per heavy atom. The Labute approximate surface area is 94.9 Å². The van der Waals surface area contributed by atoms with E-state index in [0.717, 1.165) is 24.8 Å². The van der Waals surface area contributed by atoms with Gasteiger partial charge in [-0.25, -0.2) is 0 Å². The second-order valence-corrected chi connectivity index (χ2v) is 5.32. The smallest absolute Gasteiger partial charge is 0.0662 e. The van der Waals surface area contributed by atoms with Gasteiger partial charge in [0.1, 0.15) is 0 Å². The Kier molecular flexibility index (Phi) is 3.67. The van der Waals surface area contributed by atoms with Crippen molar-refractivity contribution in [2.75, 3.05) is 0 Å². The van der Waals surface area contributed by atoms with Crippen LogP contribution in [0.25, 0.3) is 0 Å². The molecule has 1 saturated carbocycles. The van der Waals surface area contributed by atoms with Crippen LogP contribution in [0.4, 0.5) is 0 Å². The lowest BCUT2D eigenvalue weighted by Gasteiger charge is -2.13. The SMILES string of the molecule is NCc1ccc(SC2CCCC2O)cc1. The lowest BCUT2D eigenvalue weighted by molar-refractivity contribution is 0.188. The van der Waals surface area contributed by atoms with E-state index in [-0.39, 0.29) is 6.10 Å². The van der Waals surface area contributed by atoms with Crippen LogP contribution in [0.3, 0.4) is 0 Å². The van der Waals surface area contributed by atoms with Crippen LogP contribution < -0.4 is 5.73 Å². The van der Waals surface area contributed by atoms with E-state index in [0.29, 0.717) is 11.8 Å². The van der Waals surface area contributed by atoms with Crippen molar-refractivity contribution in [2.45, 2.75) is 42.1 Å². The van der Waals surface area contributed by atoms with E-state index in [9.17, 15) is 5.11 Å². The lowest BCUT2D eigenvalue weighted by Crippen LogP contribution is -2.14. The molecule has 1 aliphatic carbocycles. The van der Waals surface area contributed by atoms with Crippen LogP contribution >= 0.6 is 11.8 Å². The highest BCUT2D eigenvalue weighted by Gasteiger charge is 2.25. The first-order valence-electron chi connectivity index (χ1n) is 5.43. The van der Waals surface area contributed by atoms with Gasteiger partial charge in [0.25, 0.3) is 0 Å². The van der Waals surface area contributed by atoms with Crippen molar-refractivity contribution in [2.24, 2.45) is 5.73 Å². The van der Waals surface area contributed by atoms with E-state index in [2.05, 4.69) is 24.3 Å². The third-order valence-corrected chi connectivity index (χ3v) is 4.26. The number of hydrogen-bond acceptors (Lipinski definition) is 3. The van der Waals surface area contributed by atoms with Gasteiger partial charge in [-0.3, -0.25) is 0 Å². The molecule has 2 rings (SSSR count). The fraction of sp³-hybridized carbons (Fsp3) is 0.500. The average molecular weight is 223 g/mol. The lowest BCUT2D eigenvalue weighted by atomic mass is 10.2. The molecule has 1 aliphatic rings. The topological polar surface area (TPSA) is 46.2 Å². The van der Waals surface area contributed by atoms with Gasteiger partial charge in [0.15, 0.2) is 0 Å². The van der Waals surface area contributed by atoms with Crippen LogP contribution in [0, 0.1) is 0 Å². The van der Waals surface area contributed by atoms with Gasteiger partial charge in [-0.05, 0) is 37.0 Å². The number of aliphatic hydroxyl groups excluding tert-OH is 1. The standard InChI is InChI=1S/C12H17NOS/c13-8-9-4-6-10(7-5-9)15-12-3-1-2-11(12)14/h4-7,11-12,14H,1-3,8,13H2. The van der Waals surface area contributed by atoms with Gasteiger partial charge >= 0.3 is 0 Å². The molecule has 0 amide bonds. The van der Waals surface area contributed by atoms with Crippen molar-refractivity contribution in [1.29, 1.82) is 0 Å². The molecule has 1 aromatic carbocycles. The fourth-order valence-electron chi connectivity index (χ4n) is 1.92. The molecule has 1 aromatic rings. The van der Waals surface area contributed by atoms with Crippen molar-refractivity contribution in [3.8, 4) is 0 Å². The second kappa shape index (κ2) is 5.01. The van der Waals surface area contributed by atoms with Gasteiger partial charge in [-0.15, -0.1) is 11.8 Å². The average Bonchev–Trinajstić information content (AvgIpc) is 2.66. The Balaban J connectivity index is 1.98. The zero-order chi connectivity index (χ0) is 10.7. The van der Waals surface area contributed by atoms with Gasteiger partial charge in [-0.1, -0.05) is 12.1 Å². The van der Waals surface area contributed by atoms with Crippen molar-refractivity contribution in [3.05, 3.63) is 29.8 Å². The predicted octanol–water partition coefficient (Wildman–Crippen LogP) is 2.15. The van der Waals surface area contributed by atoms with Crippen molar-refractivity contribution in [1.82, 2.24) is 0 Å². The first-order chi connectivity index (χ1) is 7.29. The molecule has 0 spiro atoms. The van der Waals surface area contributed by atoms with Crippen LogP contribution in [0.2, 0.25) is 0 Å². The molecule has 2 unspecified atom stereocenters. The van der Waals surface area contributed by atoms with Crippen molar-refractivity contribution >= 4 is 11.8 Å². The number of hydrogen-bond donors (Lipinski definition) is 2. The Bertz CT molecular complexity index is 312. The van der Waals surface area contributed by atoms with Crippen LogP contribution in [0.15, 0.2) is 29.2 Å². The molecule has 3 heteroatoms. The molecular formula is C12H17NOS. The first-order valence-corrected chi connectivity index (χ1v) is 6.31. The molecule has 2 nitrogen and oxygen atoms in total. The summed E-state index contributed by atoms with van der Waals surface area (Å²) in [6.07, 6.45) is 3.12. The summed E-state index contributed by atoms with van der Waals surface area (Å²) >= 11 is 1.79. The molecule has 0 heterocycles. The molecule has 82 valence electrons. The maximum Gasteiger partial charge on any atom is 0.0662 e. The summed E-state index contributed by atoms with van der Waals surface area (Å²) in [4.78, 5) is 1.23. The Morgan fingerprint density at radius 2 is 2.00 bits per heavy atom. The highest BCUT2D eigenvalue weighted by Crippen LogP contribution is 2.34. The monoisotopic (exact) mass is 223 g/mol. The Morgan fingerprint density at radius 3 is 2.53 bits per heavy atom. The number of benzene rings is 1. The largest absolute Gasteiger partial charge is 0.392 e. The molecule has 0 bridgehead atoms. The highest BCUT2D eigenvalue weighted by atomic mass is 32.2. The number of thioether (sulfide) groups is 1. The minimum Gasteiger partial charge on any atom is -0.392 e. The van der Waals surface area contributed by atoms with E-state index in [1.807, 2.05) is 0 Å². The normalized spacial score (nSPS) is 25.7. The predicted molar refractivity (Wildman–Crippen MR) is 63.8 cm³/mol. The van der Waals surface area contributed by atoms with Crippen LogP contribution in [0.5, 0.6) is 0 Å². The van der Waals surface area contributed by atoms with Crippen molar-refractivity contribution < 1.29 is 5.11 Å². The summed E-state index contributed by atoms with van der Waals surface area (Å²) in [7, 11) is 0. The summed E-state index contributed by atoms with van der Waals surface area (Å²) < 4.78 is 0. The first kappa shape index (κ1) is 11.0. The molecule has 3 N–H and O–H groups in total. The van der Waals surface area contributed by atoms with Crippen LogP contribution in [-0.4, -0.2) is 16.5 Å². The summed E-state index contributed by atoms with van der Waals surface area (Å²) in [5, 5.41) is 10.1. The van der Waals surface area contributed by atoms with Gasteiger partial charge in [0, 0.05) is 16.7 Å². The molecule has 15 heavy (non-hydrogen) atoms. The van der Waals surface area contributed by atoms with E-state index >= 15 is 0 Å². The number of nitrogens with two attached hydrogens (primary N) is 1. The van der Waals surface area contributed by atoms with E-state index < -0.39 is 0 Å². The molecule has 1 fully saturated rings. The van der Waals surface area contributed by atoms with Gasteiger partial charge in [0.05, 0.1) is 6.10 Å². The third kappa shape index (κ3) is 2.74. The maximum absolute atomic E-state index is 9.71. The Hall–Kier alpha value is -0.510. The molecule has 0 aromatic heterocycles. The van der Waals surface area contributed by atoms with Crippen LogP contribution in [-0.2, 0) is 6.54 Å². The van der Waals surface area contributed by atoms with Gasteiger partial charge < -0.3 is 10.8 Å². The molecule has 2 atom stereocenters. The second-order valence-electron chi connectivity index (χ2n) is 4.00. The zero-order valence-corrected chi connectivity index (χ0v) is 9.54. The van der Waals surface area contributed by atoms with Crippen LogP contribution in [0.1, 0.15) is 24.8 Å². The molecule has 0 radical (unpaired) electrons. The number of rotatable bonds is 3. The van der Waals surface area contributed by atoms with E-state index in [1.165, 1.54) is 4.90 Å². The van der Waals surface area contributed by atoms with E-state index in [4.69, 9.17) is 5.73 Å². The summed E-state index contributed by atoms with van der Waals surface area (Å²) in [5.41, 5.74) is 6.70. The molecule has 0 aliphatic heterocycles. The minimum atomic E-state index is -0.121. The molecular weight excluding hydrogens is 206 g/mol. The maximum atomic E-state index is 9.71. The highest BCUT2D eigenvalue weighted by molar-refractivity contribution is 8.00. The fourth-order valence-corrected chi connectivity index (χ4v) is 3.14. The van der Waals surface area contributed by atoms with E-state index in [1.54, 1.807) is 11.8 Å². The minimum absolute atomic E-state index is 0.121. The van der Waals surface area contributed by atoms with Gasteiger partial charge in [0.2, 0.25) is 0 Å². The van der Waals surface area contributed by atoms with Gasteiger partial charge in [-0.2, -0.15) is 0 Å².